The van der Waals surface area contributed by atoms with Gasteiger partial charge in [-0.25, -0.2) is 9.78 Å². The molecule has 27 heavy (non-hydrogen) atoms. The second kappa shape index (κ2) is 12.9. The molecule has 0 atom stereocenters. The Labute approximate surface area is 163 Å². The van der Waals surface area contributed by atoms with Gasteiger partial charge >= 0.3 is 5.97 Å². The highest BCUT2D eigenvalue weighted by atomic mass is 16.5. The normalized spacial score (nSPS) is 11.0. The molecular formula is C24H31NO2. The standard InChI is InChI=1S/C24H31NO2/c1-2-3-4-5-6-7-9-15-22-18-19-23(25-20-22)27-24(26)17-12-16-21-13-10-8-11-14-21/h8,10-14,17-20H,2-7,9,15-16H2,1H3. The Balaban J connectivity index is 1.65. The Morgan fingerprint density at radius 1 is 0.926 bits per heavy atom. The number of allylic oxidation sites excluding steroid dienone is 1. The largest absolute Gasteiger partial charge is 0.404 e. The SMILES string of the molecule is CCCCCCCCCc1ccc(OC(=O)C=CCc2ccccc2)nc1. The van der Waals surface area contributed by atoms with Gasteiger partial charge in [0.2, 0.25) is 5.88 Å². The number of pyridine rings is 1. The minimum atomic E-state index is -0.390. The van der Waals surface area contributed by atoms with Gasteiger partial charge in [-0.15, -0.1) is 0 Å². The summed E-state index contributed by atoms with van der Waals surface area (Å²) in [6.07, 6.45) is 16.0. The zero-order chi connectivity index (χ0) is 19.2. The van der Waals surface area contributed by atoms with E-state index in [9.17, 15) is 4.79 Å². The Hall–Kier alpha value is -2.42. The van der Waals surface area contributed by atoms with Gasteiger partial charge in [-0.05, 0) is 30.4 Å². The molecular weight excluding hydrogens is 334 g/mol. The fourth-order valence-electron chi connectivity index (χ4n) is 2.95. The van der Waals surface area contributed by atoms with Crippen LogP contribution in [0.1, 0.15) is 63.0 Å². The third kappa shape index (κ3) is 9.18. The van der Waals surface area contributed by atoms with Crippen molar-refractivity contribution < 1.29 is 9.53 Å². The Morgan fingerprint density at radius 2 is 1.67 bits per heavy atom. The van der Waals surface area contributed by atoms with Gasteiger partial charge in [0.15, 0.2) is 0 Å². The van der Waals surface area contributed by atoms with Crippen LogP contribution in [0.2, 0.25) is 0 Å². The molecule has 2 rings (SSSR count). The highest BCUT2D eigenvalue weighted by Crippen LogP contribution is 2.13. The molecule has 0 aliphatic rings. The summed E-state index contributed by atoms with van der Waals surface area (Å²) in [4.78, 5) is 16.1. The zero-order valence-electron chi connectivity index (χ0n) is 16.4. The first-order valence-electron chi connectivity index (χ1n) is 10.1. The molecule has 1 aromatic carbocycles. The van der Waals surface area contributed by atoms with Crippen LogP contribution in [0.4, 0.5) is 0 Å². The van der Waals surface area contributed by atoms with E-state index in [-0.39, 0.29) is 0 Å². The van der Waals surface area contributed by atoms with E-state index in [0.717, 1.165) is 12.0 Å². The number of ether oxygens (including phenoxy) is 1. The van der Waals surface area contributed by atoms with Crippen LogP contribution in [0, 0.1) is 0 Å². The number of carbonyl (C=O) groups excluding carboxylic acids is 1. The molecule has 0 saturated heterocycles. The summed E-state index contributed by atoms with van der Waals surface area (Å²) in [5, 5.41) is 0. The average Bonchev–Trinajstić information content (AvgIpc) is 2.69. The smallest absolute Gasteiger partial charge is 0.337 e. The topological polar surface area (TPSA) is 39.2 Å². The Kier molecular flexibility index (Phi) is 9.95. The maximum absolute atomic E-state index is 11.9. The van der Waals surface area contributed by atoms with Crippen LogP contribution in [-0.2, 0) is 17.6 Å². The molecule has 3 nitrogen and oxygen atoms in total. The number of unbranched alkanes of at least 4 members (excludes halogenated alkanes) is 6. The van der Waals surface area contributed by atoms with Crippen molar-refractivity contribution in [2.24, 2.45) is 0 Å². The molecule has 0 bridgehead atoms. The number of aromatic nitrogens is 1. The van der Waals surface area contributed by atoms with Crippen molar-refractivity contribution in [2.75, 3.05) is 0 Å². The molecule has 0 aliphatic carbocycles. The summed E-state index contributed by atoms with van der Waals surface area (Å²) in [5.74, 6) is -0.0362. The molecule has 0 radical (unpaired) electrons. The molecule has 0 N–H and O–H groups in total. The molecule has 1 aromatic heterocycles. The summed E-state index contributed by atoms with van der Waals surface area (Å²) >= 11 is 0. The average molecular weight is 366 g/mol. The van der Waals surface area contributed by atoms with Crippen molar-refractivity contribution >= 4 is 5.97 Å². The van der Waals surface area contributed by atoms with Gasteiger partial charge in [-0.3, -0.25) is 0 Å². The minimum Gasteiger partial charge on any atom is -0.404 e. The molecule has 0 spiro atoms. The van der Waals surface area contributed by atoms with Crippen LogP contribution in [0.5, 0.6) is 5.88 Å². The molecule has 0 amide bonds. The summed E-state index contributed by atoms with van der Waals surface area (Å²) in [5.41, 5.74) is 2.36. The van der Waals surface area contributed by atoms with E-state index >= 15 is 0 Å². The van der Waals surface area contributed by atoms with Crippen LogP contribution < -0.4 is 4.74 Å². The lowest BCUT2D eigenvalue weighted by atomic mass is 10.1. The van der Waals surface area contributed by atoms with Crippen molar-refractivity contribution in [2.45, 2.75) is 64.7 Å². The minimum absolute atomic E-state index is 0.354. The van der Waals surface area contributed by atoms with Crippen LogP contribution in [0.15, 0.2) is 60.8 Å². The monoisotopic (exact) mass is 365 g/mol. The number of rotatable bonds is 12. The first-order chi connectivity index (χ1) is 13.3. The van der Waals surface area contributed by atoms with Gasteiger partial charge < -0.3 is 4.74 Å². The Bertz CT molecular complexity index is 677. The van der Waals surface area contributed by atoms with E-state index in [2.05, 4.69) is 11.9 Å². The van der Waals surface area contributed by atoms with Crippen molar-refractivity contribution in [1.29, 1.82) is 0 Å². The fourth-order valence-corrected chi connectivity index (χ4v) is 2.95. The number of hydrogen-bond acceptors (Lipinski definition) is 3. The van der Waals surface area contributed by atoms with Crippen LogP contribution >= 0.6 is 0 Å². The highest BCUT2D eigenvalue weighted by Gasteiger charge is 2.02. The second-order valence-electron chi connectivity index (χ2n) is 6.89. The number of benzene rings is 1. The third-order valence-electron chi connectivity index (χ3n) is 4.52. The maximum Gasteiger partial charge on any atom is 0.337 e. The van der Waals surface area contributed by atoms with Gasteiger partial charge in [0.25, 0.3) is 0 Å². The number of carbonyl (C=O) groups is 1. The summed E-state index contributed by atoms with van der Waals surface area (Å²) in [6, 6.07) is 13.8. The highest BCUT2D eigenvalue weighted by molar-refractivity contribution is 5.83. The summed E-state index contributed by atoms with van der Waals surface area (Å²) < 4.78 is 5.25. The lowest BCUT2D eigenvalue weighted by Crippen LogP contribution is -2.05. The summed E-state index contributed by atoms with van der Waals surface area (Å²) in [6.45, 7) is 2.25. The molecule has 0 aliphatic heterocycles. The molecule has 144 valence electrons. The lowest BCUT2D eigenvalue weighted by molar-refractivity contribution is -0.129. The quantitative estimate of drug-likeness (QED) is 0.260. The van der Waals surface area contributed by atoms with E-state index in [0.29, 0.717) is 12.3 Å². The van der Waals surface area contributed by atoms with Crippen LogP contribution in [0.3, 0.4) is 0 Å². The van der Waals surface area contributed by atoms with E-state index in [1.165, 1.54) is 56.6 Å². The zero-order valence-corrected chi connectivity index (χ0v) is 16.4. The van der Waals surface area contributed by atoms with Crippen LogP contribution in [0.25, 0.3) is 0 Å². The third-order valence-corrected chi connectivity index (χ3v) is 4.52. The van der Waals surface area contributed by atoms with Gasteiger partial charge in [0.05, 0.1) is 0 Å². The van der Waals surface area contributed by atoms with Crippen molar-refractivity contribution in [3.05, 3.63) is 71.9 Å². The number of hydrogen-bond donors (Lipinski definition) is 0. The predicted octanol–water partition coefficient (Wildman–Crippen LogP) is 6.08. The number of esters is 1. The fraction of sp³-hybridized carbons (Fsp3) is 0.417. The lowest BCUT2D eigenvalue weighted by Gasteiger charge is -2.04. The van der Waals surface area contributed by atoms with E-state index in [4.69, 9.17) is 4.74 Å². The molecule has 1 heterocycles. The van der Waals surface area contributed by atoms with Crippen molar-refractivity contribution in [3.63, 3.8) is 0 Å². The van der Waals surface area contributed by atoms with Crippen molar-refractivity contribution in [1.82, 2.24) is 4.98 Å². The first kappa shape index (κ1) is 20.9. The van der Waals surface area contributed by atoms with Gasteiger partial charge in [-0.1, -0.05) is 87.9 Å². The molecule has 0 saturated carbocycles. The predicted molar refractivity (Wildman–Crippen MR) is 111 cm³/mol. The van der Waals surface area contributed by atoms with Gasteiger partial charge in [0, 0.05) is 18.3 Å². The van der Waals surface area contributed by atoms with E-state index in [1.54, 1.807) is 6.07 Å². The maximum atomic E-state index is 11.9. The first-order valence-corrected chi connectivity index (χ1v) is 10.1. The Morgan fingerprint density at radius 3 is 2.37 bits per heavy atom. The van der Waals surface area contributed by atoms with Gasteiger partial charge in [-0.2, -0.15) is 0 Å². The molecule has 0 unspecified atom stereocenters. The number of aryl methyl sites for hydroxylation is 1. The molecule has 2 aromatic rings. The van der Waals surface area contributed by atoms with Crippen molar-refractivity contribution in [3.8, 4) is 5.88 Å². The molecule has 3 heteroatoms. The second-order valence-corrected chi connectivity index (χ2v) is 6.89. The summed E-state index contributed by atoms with van der Waals surface area (Å²) in [7, 11) is 0. The van der Waals surface area contributed by atoms with Gasteiger partial charge in [0.1, 0.15) is 0 Å². The van der Waals surface area contributed by atoms with E-state index in [1.807, 2.05) is 48.7 Å². The number of nitrogens with zero attached hydrogens (tertiary/aromatic N) is 1. The molecule has 0 fully saturated rings. The van der Waals surface area contributed by atoms with E-state index < -0.39 is 5.97 Å². The van der Waals surface area contributed by atoms with Crippen LogP contribution in [-0.4, -0.2) is 11.0 Å².